The van der Waals surface area contributed by atoms with Crippen LogP contribution in [-0.2, 0) is 14.2 Å². The van der Waals surface area contributed by atoms with Crippen LogP contribution in [0.1, 0.15) is 25.7 Å². The van der Waals surface area contributed by atoms with Gasteiger partial charge in [-0.15, -0.1) is 13.2 Å². The van der Waals surface area contributed by atoms with Crippen molar-refractivity contribution in [3.63, 3.8) is 0 Å². The molecule has 0 spiro atoms. The third-order valence-electron chi connectivity index (χ3n) is 6.33. The van der Waals surface area contributed by atoms with E-state index in [4.69, 9.17) is 18.9 Å². The topological polar surface area (TPSA) is 71.1 Å². The van der Waals surface area contributed by atoms with Gasteiger partial charge < -0.3 is 23.7 Å². The second-order valence-corrected chi connectivity index (χ2v) is 8.93. The van der Waals surface area contributed by atoms with Crippen molar-refractivity contribution in [1.29, 1.82) is 0 Å². The van der Waals surface area contributed by atoms with Crippen molar-refractivity contribution in [1.82, 2.24) is 10.3 Å². The highest BCUT2D eigenvalue weighted by molar-refractivity contribution is 5.86. The summed E-state index contributed by atoms with van der Waals surface area (Å²) in [5.41, 5.74) is 1.73. The number of halogens is 3. The average Bonchev–Trinajstić information content (AvgIpc) is 2.91. The maximum Gasteiger partial charge on any atom is 0.573 e. The van der Waals surface area contributed by atoms with Crippen molar-refractivity contribution in [2.75, 3.05) is 13.2 Å². The van der Waals surface area contributed by atoms with Gasteiger partial charge >= 0.3 is 6.36 Å². The van der Waals surface area contributed by atoms with Gasteiger partial charge in [-0.2, -0.15) is 0 Å². The summed E-state index contributed by atoms with van der Waals surface area (Å²) >= 11 is 0. The maximum atomic E-state index is 12.6. The molecule has 5 rings (SSSR count). The number of hydrogen-bond acceptors (Lipinski definition) is 7. The Kier molecular flexibility index (Phi) is 7.66. The number of nitrogens with one attached hydrogen (secondary N) is 1. The minimum atomic E-state index is -4.77. The summed E-state index contributed by atoms with van der Waals surface area (Å²) in [6, 6.07) is 5.59. The van der Waals surface area contributed by atoms with Crippen LogP contribution in [0.15, 0.2) is 78.8 Å². The number of rotatable bonds is 8. The van der Waals surface area contributed by atoms with Gasteiger partial charge in [-0.05, 0) is 55.5 Å². The predicted molar refractivity (Wildman–Crippen MR) is 129 cm³/mol. The fourth-order valence-corrected chi connectivity index (χ4v) is 4.55. The summed E-state index contributed by atoms with van der Waals surface area (Å²) < 4.78 is 65.0. The Balaban J connectivity index is 1.18. The minimum absolute atomic E-state index is 0.104. The Bertz CT molecular complexity index is 1220. The quantitative estimate of drug-likeness (QED) is 0.486. The van der Waals surface area contributed by atoms with Crippen molar-refractivity contribution in [2.24, 2.45) is 0 Å². The van der Waals surface area contributed by atoms with Gasteiger partial charge in [-0.3, -0.25) is 10.3 Å². The smallest absolute Gasteiger partial charge is 0.490 e. The second kappa shape index (κ2) is 11.3. The lowest BCUT2D eigenvalue weighted by Crippen LogP contribution is -2.47. The van der Waals surface area contributed by atoms with Crippen LogP contribution in [0.2, 0.25) is 0 Å². The zero-order valence-electron chi connectivity index (χ0n) is 19.9. The summed E-state index contributed by atoms with van der Waals surface area (Å²) in [5, 5.41) is 4.09. The molecule has 7 nitrogen and oxygen atoms in total. The van der Waals surface area contributed by atoms with Gasteiger partial charge in [0.25, 0.3) is 0 Å². The first kappa shape index (κ1) is 25.2. The first-order chi connectivity index (χ1) is 17.9. The predicted octanol–water partition coefficient (Wildman–Crippen LogP) is 5.65. The van der Waals surface area contributed by atoms with Gasteiger partial charge in [-0.1, -0.05) is 18.2 Å². The third kappa shape index (κ3) is 6.64. The van der Waals surface area contributed by atoms with E-state index >= 15 is 0 Å². The number of pyridine rings is 1. The van der Waals surface area contributed by atoms with Crippen molar-refractivity contribution in [3.05, 3.63) is 78.8 Å². The molecule has 1 N–H and O–H groups in total. The number of hydrogen-bond donors (Lipinski definition) is 1. The van der Waals surface area contributed by atoms with Gasteiger partial charge in [0.1, 0.15) is 36.9 Å². The zero-order chi connectivity index (χ0) is 25.7. The number of fused-ring (bicyclic) bond motifs is 1. The van der Waals surface area contributed by atoms with E-state index in [0.29, 0.717) is 29.0 Å². The van der Waals surface area contributed by atoms with Crippen LogP contribution >= 0.6 is 0 Å². The molecular weight excluding hydrogens is 489 g/mol. The molecule has 3 aliphatic rings. The molecule has 37 heavy (non-hydrogen) atoms. The third-order valence-corrected chi connectivity index (χ3v) is 6.33. The van der Waals surface area contributed by atoms with E-state index in [1.54, 1.807) is 18.5 Å². The van der Waals surface area contributed by atoms with Crippen LogP contribution in [0.4, 0.5) is 13.2 Å². The number of alkyl halides is 3. The Hall–Kier alpha value is -3.50. The molecule has 1 aromatic heterocycles. The normalized spacial score (nSPS) is 22.5. The number of nitrogens with zero attached hydrogens (tertiary/aromatic N) is 1. The molecular formula is C27H27F3N2O5. The lowest BCUT2D eigenvalue weighted by atomic mass is 9.94. The van der Waals surface area contributed by atoms with Crippen molar-refractivity contribution in [2.45, 2.75) is 50.2 Å². The first-order valence-electron chi connectivity index (χ1n) is 12.1. The van der Waals surface area contributed by atoms with Crippen molar-refractivity contribution >= 4 is 10.9 Å². The average molecular weight is 517 g/mol. The van der Waals surface area contributed by atoms with E-state index in [2.05, 4.69) is 33.3 Å². The Labute approximate surface area is 212 Å². The van der Waals surface area contributed by atoms with Crippen LogP contribution in [0.5, 0.6) is 11.5 Å². The van der Waals surface area contributed by atoms with E-state index in [1.807, 2.05) is 0 Å². The first-order valence-corrected chi connectivity index (χ1v) is 12.1. The molecule has 0 saturated carbocycles. The maximum absolute atomic E-state index is 12.6. The van der Waals surface area contributed by atoms with E-state index in [9.17, 15) is 13.2 Å². The molecule has 1 saturated heterocycles. The van der Waals surface area contributed by atoms with Crippen LogP contribution < -0.4 is 14.8 Å². The molecule has 1 fully saturated rings. The molecule has 2 aromatic rings. The molecule has 1 aliphatic carbocycles. The highest BCUT2D eigenvalue weighted by Crippen LogP contribution is 2.31. The lowest BCUT2D eigenvalue weighted by Gasteiger charge is -2.34. The number of aromatic nitrogens is 1. The van der Waals surface area contributed by atoms with Gasteiger partial charge in [0.15, 0.2) is 5.76 Å². The highest BCUT2D eigenvalue weighted by atomic mass is 19.4. The van der Waals surface area contributed by atoms with Crippen LogP contribution in [-0.4, -0.2) is 42.7 Å². The fraction of sp³-hybridized carbons (Fsp3) is 0.370. The summed E-state index contributed by atoms with van der Waals surface area (Å²) in [6.07, 6.45) is 11.1. The largest absolute Gasteiger partial charge is 0.573 e. The van der Waals surface area contributed by atoms with E-state index in [0.717, 1.165) is 25.7 Å². The Morgan fingerprint density at radius 2 is 2.08 bits per heavy atom. The van der Waals surface area contributed by atoms with Crippen LogP contribution in [0, 0.1) is 0 Å². The lowest BCUT2D eigenvalue weighted by molar-refractivity contribution is -0.274. The molecule has 0 radical (unpaired) electrons. The standard InChI is InChI=1S/C27H27F3N2O5/c28-27(29,30)37-20-8-9-23-22(14-20)24(10-11-31-23)36-16-21-7-6-19(15-35-21)32-26(18-4-2-1-3-5-18)25-17-33-12-13-34-25/h1-2,4,8-14,17,19,21,26,32H,3,5-7,15-16H2/t19-,21+,26?/m1/s1. The summed E-state index contributed by atoms with van der Waals surface area (Å²) in [4.78, 5) is 4.20. The SMILES string of the molecule is FC(F)(F)Oc1ccc2nccc(OC[C@@H]3CC[C@@H](NC(C4=CC=CCC4)C4=COC=CO4)CO3)c2c1. The van der Waals surface area contributed by atoms with Crippen molar-refractivity contribution < 1.29 is 36.9 Å². The minimum Gasteiger partial charge on any atom is -0.490 e. The molecule has 2 aliphatic heterocycles. The summed E-state index contributed by atoms with van der Waals surface area (Å²) in [5.74, 6) is 0.804. The van der Waals surface area contributed by atoms with Gasteiger partial charge in [0.2, 0.25) is 0 Å². The Morgan fingerprint density at radius 3 is 2.81 bits per heavy atom. The van der Waals surface area contributed by atoms with Crippen LogP contribution in [0.3, 0.4) is 0 Å². The van der Waals surface area contributed by atoms with E-state index < -0.39 is 6.36 Å². The van der Waals surface area contributed by atoms with Crippen molar-refractivity contribution in [3.8, 4) is 11.5 Å². The molecule has 3 atom stereocenters. The molecule has 1 unspecified atom stereocenters. The fourth-order valence-electron chi connectivity index (χ4n) is 4.55. The molecule has 196 valence electrons. The second-order valence-electron chi connectivity index (χ2n) is 8.93. The van der Waals surface area contributed by atoms with Crippen LogP contribution in [0.25, 0.3) is 10.9 Å². The number of ether oxygens (including phenoxy) is 5. The highest BCUT2D eigenvalue weighted by Gasteiger charge is 2.31. The van der Waals surface area contributed by atoms with Gasteiger partial charge in [0, 0.05) is 17.6 Å². The summed E-state index contributed by atoms with van der Waals surface area (Å²) in [6.45, 7) is 0.751. The van der Waals surface area contributed by atoms with Gasteiger partial charge in [-0.25, -0.2) is 0 Å². The molecule has 10 heteroatoms. The Morgan fingerprint density at radius 1 is 1.16 bits per heavy atom. The monoisotopic (exact) mass is 516 g/mol. The van der Waals surface area contributed by atoms with E-state index in [-0.39, 0.29) is 30.5 Å². The molecule has 0 amide bonds. The zero-order valence-corrected chi connectivity index (χ0v) is 19.9. The number of benzene rings is 1. The molecule has 3 heterocycles. The number of allylic oxidation sites excluding steroid dienone is 3. The van der Waals surface area contributed by atoms with E-state index in [1.165, 1.54) is 36.3 Å². The summed E-state index contributed by atoms with van der Waals surface area (Å²) in [7, 11) is 0. The molecule has 0 bridgehead atoms. The van der Waals surface area contributed by atoms with Gasteiger partial charge in [0.05, 0.1) is 24.3 Å². The molecule has 1 aromatic carbocycles.